The van der Waals surface area contributed by atoms with Gasteiger partial charge in [-0.05, 0) is 31.3 Å². The fourth-order valence-corrected chi connectivity index (χ4v) is 1.87. The van der Waals surface area contributed by atoms with E-state index >= 15 is 0 Å². The average molecular weight is 338 g/mol. The van der Waals surface area contributed by atoms with Crippen LogP contribution in [0.1, 0.15) is 18.7 Å². The van der Waals surface area contributed by atoms with E-state index in [1.165, 1.54) is 25.3 Å². The average Bonchev–Trinajstić information content (AvgIpc) is 2.90. The van der Waals surface area contributed by atoms with Gasteiger partial charge in [-0.3, -0.25) is 9.59 Å². The van der Waals surface area contributed by atoms with E-state index in [4.69, 9.17) is 10.2 Å². The highest BCUT2D eigenvalue weighted by Gasteiger charge is 2.51. The molecule has 10 heteroatoms. The van der Waals surface area contributed by atoms with Gasteiger partial charge < -0.3 is 20.2 Å². The molecule has 0 aliphatic carbocycles. The zero-order chi connectivity index (χ0) is 16.9. The summed E-state index contributed by atoms with van der Waals surface area (Å²) in [6.07, 6.45) is -4.07. The SMILES string of the molecule is CCOC(=O)[C@@H](C(=O)C(F)(F)F)[C@@H](NC(N)=S)c1ccco1. The van der Waals surface area contributed by atoms with Gasteiger partial charge in [0.05, 0.1) is 12.9 Å². The first-order chi connectivity index (χ1) is 10.2. The molecule has 1 heterocycles. The van der Waals surface area contributed by atoms with Crippen molar-refractivity contribution in [1.82, 2.24) is 5.32 Å². The van der Waals surface area contributed by atoms with E-state index in [9.17, 15) is 22.8 Å². The second-order valence-corrected chi connectivity index (χ2v) is 4.53. The minimum Gasteiger partial charge on any atom is -0.467 e. The lowest BCUT2D eigenvalue weighted by atomic mass is 9.92. The molecular formula is C12H13F3N2O4S. The summed E-state index contributed by atoms with van der Waals surface area (Å²) < 4.78 is 47.8. The minimum atomic E-state index is -5.24. The van der Waals surface area contributed by atoms with Crippen LogP contribution in [0.3, 0.4) is 0 Å². The standard InChI is InChI=1S/C12H13F3N2O4S/c1-2-20-10(19)7(9(18)12(13,14)15)8(17-11(16)22)6-4-3-5-21-6/h3-5,7-8H,2H2,1H3,(H3,16,17,22)/t7-,8+/m1/s1. The quantitative estimate of drug-likeness (QED) is 0.461. The van der Waals surface area contributed by atoms with Crippen LogP contribution in [-0.4, -0.2) is 29.6 Å². The van der Waals surface area contributed by atoms with Gasteiger partial charge in [-0.2, -0.15) is 13.2 Å². The fraction of sp³-hybridized carbons (Fsp3) is 0.417. The largest absolute Gasteiger partial charge is 0.467 e. The third-order valence-corrected chi connectivity index (χ3v) is 2.70. The highest BCUT2D eigenvalue weighted by molar-refractivity contribution is 7.80. The Hall–Kier alpha value is -2.10. The first-order valence-corrected chi connectivity index (χ1v) is 6.46. The van der Waals surface area contributed by atoms with Gasteiger partial charge in [-0.15, -0.1) is 0 Å². The van der Waals surface area contributed by atoms with Crippen molar-refractivity contribution in [3.05, 3.63) is 24.2 Å². The summed E-state index contributed by atoms with van der Waals surface area (Å²) in [6, 6.07) is 1.14. The van der Waals surface area contributed by atoms with Crippen molar-refractivity contribution in [2.75, 3.05) is 6.61 Å². The van der Waals surface area contributed by atoms with Crippen LogP contribution in [0.4, 0.5) is 13.2 Å². The number of carbonyl (C=O) groups is 2. The van der Waals surface area contributed by atoms with Gasteiger partial charge in [-0.1, -0.05) is 0 Å². The molecule has 0 saturated heterocycles. The molecule has 6 nitrogen and oxygen atoms in total. The lowest BCUT2D eigenvalue weighted by Crippen LogP contribution is -2.47. The van der Waals surface area contributed by atoms with E-state index in [2.05, 4.69) is 22.3 Å². The lowest BCUT2D eigenvalue weighted by molar-refractivity contribution is -0.182. The molecule has 0 spiro atoms. The third kappa shape index (κ3) is 4.45. The van der Waals surface area contributed by atoms with Crippen molar-refractivity contribution in [2.45, 2.75) is 19.1 Å². The van der Waals surface area contributed by atoms with Crippen LogP contribution in [0.2, 0.25) is 0 Å². The summed E-state index contributed by atoms with van der Waals surface area (Å²) >= 11 is 4.58. The number of alkyl halides is 3. The minimum absolute atomic E-state index is 0.108. The molecule has 0 radical (unpaired) electrons. The summed E-state index contributed by atoms with van der Waals surface area (Å²) in [5.41, 5.74) is 5.25. The molecule has 1 rings (SSSR count). The van der Waals surface area contributed by atoms with Gasteiger partial charge in [0.15, 0.2) is 11.0 Å². The Morgan fingerprint density at radius 1 is 1.50 bits per heavy atom. The smallest absolute Gasteiger partial charge is 0.451 e. The van der Waals surface area contributed by atoms with Crippen molar-refractivity contribution in [3.8, 4) is 0 Å². The van der Waals surface area contributed by atoms with Gasteiger partial charge in [0.2, 0.25) is 0 Å². The molecule has 0 saturated carbocycles. The number of ether oxygens (including phenoxy) is 1. The molecule has 0 fully saturated rings. The zero-order valence-corrected chi connectivity index (χ0v) is 12.2. The number of rotatable bonds is 6. The number of esters is 1. The van der Waals surface area contributed by atoms with Crippen LogP contribution in [-0.2, 0) is 14.3 Å². The number of nitrogens with two attached hydrogens (primary N) is 1. The molecule has 0 amide bonds. The number of halogens is 3. The molecule has 1 aromatic rings. The van der Waals surface area contributed by atoms with Gasteiger partial charge in [-0.25, -0.2) is 0 Å². The number of hydrogen-bond donors (Lipinski definition) is 2. The number of furan rings is 1. The molecule has 3 N–H and O–H groups in total. The monoisotopic (exact) mass is 338 g/mol. The van der Waals surface area contributed by atoms with Crippen molar-refractivity contribution in [2.24, 2.45) is 11.7 Å². The van der Waals surface area contributed by atoms with Crippen LogP contribution >= 0.6 is 12.2 Å². The Kier molecular flexibility index (Phi) is 5.92. The first kappa shape index (κ1) is 18.0. The molecule has 0 aliphatic heterocycles. The van der Waals surface area contributed by atoms with Crippen LogP contribution in [0.25, 0.3) is 0 Å². The van der Waals surface area contributed by atoms with Crippen LogP contribution in [0, 0.1) is 5.92 Å². The Bertz CT molecular complexity index is 545. The number of hydrogen-bond acceptors (Lipinski definition) is 5. The predicted octanol–water partition coefficient (Wildman–Crippen LogP) is 1.46. The van der Waals surface area contributed by atoms with Gasteiger partial charge >= 0.3 is 12.1 Å². The van der Waals surface area contributed by atoms with Crippen molar-refractivity contribution in [3.63, 3.8) is 0 Å². The van der Waals surface area contributed by atoms with E-state index in [-0.39, 0.29) is 12.4 Å². The normalized spacial score (nSPS) is 14.0. The molecule has 0 bridgehead atoms. The van der Waals surface area contributed by atoms with Crippen molar-refractivity contribution >= 4 is 29.1 Å². The number of ketones is 1. The Morgan fingerprint density at radius 3 is 2.55 bits per heavy atom. The summed E-state index contributed by atoms with van der Waals surface area (Å²) in [4.78, 5) is 23.4. The van der Waals surface area contributed by atoms with E-state index in [0.29, 0.717) is 0 Å². The highest BCUT2D eigenvalue weighted by Crippen LogP contribution is 2.31. The molecule has 22 heavy (non-hydrogen) atoms. The maximum absolute atomic E-state index is 12.8. The number of Topliss-reactive ketones (excluding diaryl/α,β-unsaturated/α-hetero) is 1. The highest BCUT2D eigenvalue weighted by atomic mass is 32.1. The van der Waals surface area contributed by atoms with Gasteiger partial charge in [0.25, 0.3) is 5.78 Å². The Balaban J connectivity index is 3.27. The van der Waals surface area contributed by atoms with Gasteiger partial charge in [0.1, 0.15) is 11.8 Å². The van der Waals surface area contributed by atoms with Crippen LogP contribution in [0.5, 0.6) is 0 Å². The lowest BCUT2D eigenvalue weighted by Gasteiger charge is -2.24. The molecule has 0 unspecified atom stereocenters. The van der Waals surface area contributed by atoms with Crippen LogP contribution in [0.15, 0.2) is 22.8 Å². The Labute approximate surface area is 128 Å². The van der Waals surface area contributed by atoms with Crippen LogP contribution < -0.4 is 11.1 Å². The number of nitrogens with one attached hydrogen (secondary N) is 1. The number of thiocarbonyl (C=S) groups is 1. The summed E-state index contributed by atoms with van der Waals surface area (Å²) in [5.74, 6) is -5.97. The molecule has 2 atom stereocenters. The predicted molar refractivity (Wildman–Crippen MR) is 72.6 cm³/mol. The van der Waals surface area contributed by atoms with E-state index in [1.54, 1.807) is 0 Å². The summed E-state index contributed by atoms with van der Waals surface area (Å²) in [7, 11) is 0. The summed E-state index contributed by atoms with van der Waals surface area (Å²) in [5, 5.41) is 1.87. The van der Waals surface area contributed by atoms with E-state index in [1.807, 2.05) is 0 Å². The summed E-state index contributed by atoms with van der Waals surface area (Å²) in [6.45, 7) is 1.20. The fourth-order valence-electron chi connectivity index (χ4n) is 1.74. The number of carbonyl (C=O) groups excluding carboxylic acids is 2. The molecule has 0 aromatic carbocycles. The topological polar surface area (TPSA) is 94.6 Å². The van der Waals surface area contributed by atoms with Crippen molar-refractivity contribution < 1.29 is 31.9 Å². The molecule has 1 aromatic heterocycles. The van der Waals surface area contributed by atoms with E-state index < -0.39 is 35.0 Å². The second kappa shape index (κ2) is 7.25. The maximum atomic E-state index is 12.8. The molecule has 0 aliphatic rings. The third-order valence-electron chi connectivity index (χ3n) is 2.58. The molecular weight excluding hydrogens is 325 g/mol. The van der Waals surface area contributed by atoms with Crippen molar-refractivity contribution in [1.29, 1.82) is 0 Å². The molecule has 122 valence electrons. The zero-order valence-electron chi connectivity index (χ0n) is 11.3. The van der Waals surface area contributed by atoms with E-state index in [0.717, 1.165) is 0 Å². The Morgan fingerprint density at radius 2 is 2.14 bits per heavy atom. The second-order valence-electron chi connectivity index (χ2n) is 4.09. The van der Waals surface area contributed by atoms with Gasteiger partial charge in [0, 0.05) is 0 Å². The maximum Gasteiger partial charge on any atom is 0.451 e. The first-order valence-electron chi connectivity index (χ1n) is 6.05.